The Morgan fingerprint density at radius 2 is 1.97 bits per heavy atom. The van der Waals surface area contributed by atoms with Gasteiger partial charge in [0.1, 0.15) is 11.3 Å². The molecule has 1 saturated heterocycles. The summed E-state index contributed by atoms with van der Waals surface area (Å²) in [6.45, 7) is 2.38. The van der Waals surface area contributed by atoms with E-state index in [1.807, 2.05) is 30.3 Å². The van der Waals surface area contributed by atoms with Crippen molar-refractivity contribution in [2.24, 2.45) is 5.92 Å². The van der Waals surface area contributed by atoms with Crippen molar-refractivity contribution in [2.45, 2.75) is 19.3 Å². The Balaban J connectivity index is 1.50. The molecule has 0 spiro atoms. The van der Waals surface area contributed by atoms with Crippen LogP contribution in [0.5, 0.6) is 5.75 Å². The third-order valence-corrected chi connectivity index (χ3v) is 5.94. The third-order valence-electron chi connectivity index (χ3n) is 5.94. The number of hydrogen-bond acceptors (Lipinski definition) is 6. The van der Waals surface area contributed by atoms with Gasteiger partial charge in [-0.05, 0) is 48.7 Å². The van der Waals surface area contributed by atoms with Gasteiger partial charge in [-0.3, -0.25) is 4.57 Å². The molecule has 1 fully saturated rings. The molecule has 1 atom stereocenters. The quantitative estimate of drug-likeness (QED) is 0.370. The first-order chi connectivity index (χ1) is 16.9. The second kappa shape index (κ2) is 9.41. The maximum absolute atomic E-state index is 13.1. The summed E-state index contributed by atoms with van der Waals surface area (Å²) >= 11 is 0. The monoisotopic (exact) mass is 484 g/mol. The smallest absolute Gasteiger partial charge is 0.405 e. The lowest BCUT2D eigenvalue weighted by Gasteiger charge is -2.15. The zero-order chi connectivity index (χ0) is 24.4. The lowest BCUT2D eigenvalue weighted by atomic mass is 10.0. The summed E-state index contributed by atoms with van der Waals surface area (Å²) in [6.07, 6.45) is -2.34. The molecule has 0 aliphatic carbocycles. The molecule has 35 heavy (non-hydrogen) atoms. The van der Waals surface area contributed by atoms with Crippen LogP contribution in [0, 0.1) is 5.92 Å². The van der Waals surface area contributed by atoms with E-state index in [0.717, 1.165) is 25.1 Å². The number of hydrogen-bond donors (Lipinski definition) is 3. The van der Waals surface area contributed by atoms with Crippen molar-refractivity contribution in [3.8, 4) is 16.9 Å². The van der Waals surface area contributed by atoms with Gasteiger partial charge in [-0.1, -0.05) is 36.4 Å². The Labute approximate surface area is 198 Å². The first kappa shape index (κ1) is 22.9. The van der Waals surface area contributed by atoms with Crippen molar-refractivity contribution < 1.29 is 17.9 Å². The first-order valence-electron chi connectivity index (χ1n) is 11.2. The molecule has 0 saturated carbocycles. The van der Waals surface area contributed by atoms with Crippen LogP contribution in [0.15, 0.2) is 59.5 Å². The highest BCUT2D eigenvalue weighted by atomic mass is 19.4. The zero-order valence-electron chi connectivity index (χ0n) is 18.6. The highest BCUT2D eigenvalue weighted by molar-refractivity contribution is 5.71. The van der Waals surface area contributed by atoms with E-state index < -0.39 is 12.1 Å². The largest absolute Gasteiger partial charge is 0.573 e. The predicted octanol–water partition coefficient (Wildman–Crippen LogP) is 3.75. The number of rotatable bonds is 7. The van der Waals surface area contributed by atoms with Crippen LogP contribution in [-0.2, 0) is 6.54 Å². The van der Waals surface area contributed by atoms with E-state index in [1.54, 1.807) is 12.1 Å². The van der Waals surface area contributed by atoms with Crippen LogP contribution in [0.1, 0.15) is 12.0 Å². The SMILES string of the molecule is O=c1[nH]c2cnc(NCC3CCNC3)nc2n1Cc1cc(-c2ccccc2)ccc1OC(F)(F)F. The van der Waals surface area contributed by atoms with Gasteiger partial charge in [0.15, 0.2) is 5.65 Å². The topological polar surface area (TPSA) is 96.9 Å². The number of halogens is 3. The Morgan fingerprint density at radius 3 is 2.71 bits per heavy atom. The average molecular weight is 484 g/mol. The number of anilines is 1. The fourth-order valence-electron chi connectivity index (χ4n) is 4.21. The average Bonchev–Trinajstić information content (AvgIpc) is 3.46. The summed E-state index contributed by atoms with van der Waals surface area (Å²) < 4.78 is 44.8. The van der Waals surface area contributed by atoms with E-state index in [1.165, 1.54) is 16.8 Å². The summed E-state index contributed by atoms with van der Waals surface area (Å²) in [5.41, 5.74) is 1.89. The summed E-state index contributed by atoms with van der Waals surface area (Å²) in [4.78, 5) is 24.1. The summed E-state index contributed by atoms with van der Waals surface area (Å²) in [7, 11) is 0. The van der Waals surface area contributed by atoms with Crippen LogP contribution in [0.4, 0.5) is 19.1 Å². The van der Waals surface area contributed by atoms with E-state index in [9.17, 15) is 18.0 Å². The molecule has 2 aromatic carbocycles. The first-order valence-corrected chi connectivity index (χ1v) is 11.2. The molecule has 182 valence electrons. The highest BCUT2D eigenvalue weighted by Crippen LogP contribution is 2.31. The third kappa shape index (κ3) is 5.29. The van der Waals surface area contributed by atoms with E-state index in [0.29, 0.717) is 35.1 Å². The number of imidazole rings is 1. The number of nitrogens with one attached hydrogen (secondary N) is 3. The number of H-pyrrole nitrogens is 1. The van der Waals surface area contributed by atoms with E-state index in [4.69, 9.17) is 0 Å². The van der Waals surface area contributed by atoms with E-state index >= 15 is 0 Å². The lowest BCUT2D eigenvalue weighted by molar-refractivity contribution is -0.274. The van der Waals surface area contributed by atoms with Gasteiger partial charge in [0.2, 0.25) is 5.95 Å². The molecule has 3 N–H and O–H groups in total. The maximum atomic E-state index is 13.1. The predicted molar refractivity (Wildman–Crippen MR) is 125 cm³/mol. The van der Waals surface area contributed by atoms with Gasteiger partial charge < -0.3 is 20.4 Å². The van der Waals surface area contributed by atoms with Gasteiger partial charge in [-0.15, -0.1) is 13.2 Å². The van der Waals surface area contributed by atoms with Gasteiger partial charge in [-0.2, -0.15) is 4.98 Å². The van der Waals surface area contributed by atoms with Crippen molar-refractivity contribution in [1.29, 1.82) is 0 Å². The number of alkyl halides is 3. The Bertz CT molecular complexity index is 1380. The summed E-state index contributed by atoms with van der Waals surface area (Å²) in [5.74, 6) is 0.423. The minimum Gasteiger partial charge on any atom is -0.405 e. The standard InChI is InChI=1S/C24H23F3N6O2/c25-24(26,27)35-20-7-6-17(16-4-2-1-3-5-16)10-18(20)14-33-21-19(31-23(33)34)13-30-22(32-21)29-12-15-8-9-28-11-15/h1-7,10,13,15,28H,8-9,11-12,14H2,(H,31,34)(H,29,30,32). The van der Waals surface area contributed by atoms with E-state index in [2.05, 4.69) is 30.3 Å². The number of ether oxygens (including phenoxy) is 1. The molecule has 1 aliphatic heterocycles. The molecule has 4 aromatic rings. The zero-order valence-corrected chi connectivity index (χ0v) is 18.6. The van der Waals surface area contributed by atoms with Crippen LogP contribution < -0.4 is 21.1 Å². The van der Waals surface area contributed by atoms with Crippen LogP contribution >= 0.6 is 0 Å². The van der Waals surface area contributed by atoms with Gasteiger partial charge in [0, 0.05) is 12.1 Å². The Morgan fingerprint density at radius 1 is 1.14 bits per heavy atom. The minimum absolute atomic E-state index is 0.173. The second-order valence-corrected chi connectivity index (χ2v) is 8.42. The fourth-order valence-corrected chi connectivity index (χ4v) is 4.21. The fraction of sp³-hybridized carbons (Fsp3) is 0.292. The second-order valence-electron chi connectivity index (χ2n) is 8.42. The minimum atomic E-state index is -4.87. The van der Waals surface area contributed by atoms with Crippen LogP contribution in [0.2, 0.25) is 0 Å². The van der Waals surface area contributed by atoms with Crippen molar-refractivity contribution in [3.63, 3.8) is 0 Å². The highest BCUT2D eigenvalue weighted by Gasteiger charge is 2.32. The van der Waals surface area contributed by atoms with Crippen LogP contribution in [0.25, 0.3) is 22.3 Å². The van der Waals surface area contributed by atoms with E-state index in [-0.39, 0.29) is 17.9 Å². The molecule has 8 nitrogen and oxygen atoms in total. The summed E-state index contributed by atoms with van der Waals surface area (Å²) in [6, 6.07) is 13.7. The summed E-state index contributed by atoms with van der Waals surface area (Å²) in [5, 5.41) is 6.48. The Hall–Kier alpha value is -3.86. The molecule has 2 aromatic heterocycles. The molecule has 0 radical (unpaired) electrons. The molecule has 0 amide bonds. The van der Waals surface area contributed by atoms with Crippen molar-refractivity contribution >= 4 is 17.1 Å². The van der Waals surface area contributed by atoms with Crippen molar-refractivity contribution in [2.75, 3.05) is 25.0 Å². The van der Waals surface area contributed by atoms with Gasteiger partial charge in [0.25, 0.3) is 0 Å². The molecule has 1 unspecified atom stereocenters. The van der Waals surface area contributed by atoms with Crippen LogP contribution in [0.3, 0.4) is 0 Å². The molecule has 5 rings (SSSR count). The molecular weight excluding hydrogens is 461 g/mol. The molecule has 0 bridgehead atoms. The number of fused-ring (bicyclic) bond motifs is 1. The number of aromatic amines is 1. The Kier molecular flexibility index (Phi) is 6.16. The molecule has 3 heterocycles. The normalized spacial score (nSPS) is 16.0. The van der Waals surface area contributed by atoms with Gasteiger partial charge in [0.05, 0.1) is 12.7 Å². The van der Waals surface area contributed by atoms with Gasteiger partial charge in [-0.25, -0.2) is 9.78 Å². The number of benzene rings is 2. The van der Waals surface area contributed by atoms with Crippen LogP contribution in [-0.4, -0.2) is 45.5 Å². The van der Waals surface area contributed by atoms with Crippen molar-refractivity contribution in [1.82, 2.24) is 24.8 Å². The molecule has 1 aliphatic rings. The molecular formula is C24H23F3N6O2. The number of nitrogens with zero attached hydrogens (tertiary/aromatic N) is 3. The van der Waals surface area contributed by atoms with Crippen molar-refractivity contribution in [3.05, 3.63) is 70.8 Å². The maximum Gasteiger partial charge on any atom is 0.573 e. The number of aromatic nitrogens is 4. The lowest BCUT2D eigenvalue weighted by Crippen LogP contribution is -2.21. The van der Waals surface area contributed by atoms with Gasteiger partial charge >= 0.3 is 12.1 Å². The molecule has 11 heteroatoms.